The van der Waals surface area contributed by atoms with Gasteiger partial charge in [-0.3, -0.25) is 0 Å². The van der Waals surface area contributed by atoms with Crippen LogP contribution in [-0.4, -0.2) is 39.9 Å². The molecule has 0 amide bonds. The fourth-order valence-corrected chi connectivity index (χ4v) is 4.07. The van der Waals surface area contributed by atoms with E-state index in [0.717, 1.165) is 59.4 Å². The first-order valence-electron chi connectivity index (χ1n) is 10.7. The molecule has 1 aliphatic rings. The number of piperidine rings is 1. The predicted molar refractivity (Wildman–Crippen MR) is 124 cm³/mol. The summed E-state index contributed by atoms with van der Waals surface area (Å²) in [7, 11) is 1.67. The molecule has 2 aromatic carbocycles. The molecule has 0 spiro atoms. The van der Waals surface area contributed by atoms with Crippen LogP contribution in [0, 0.1) is 5.92 Å². The first kappa shape index (κ1) is 19.4. The molecular formula is C24H26N6O. The number of hydrogen-bond acceptors (Lipinski definition) is 6. The van der Waals surface area contributed by atoms with Gasteiger partial charge < -0.3 is 15.0 Å². The van der Waals surface area contributed by atoms with Crippen LogP contribution < -0.4 is 15.0 Å². The third-order valence-electron chi connectivity index (χ3n) is 5.71. The van der Waals surface area contributed by atoms with Gasteiger partial charge in [-0.25, -0.2) is 4.68 Å². The predicted octanol–water partition coefficient (Wildman–Crippen LogP) is 4.80. The van der Waals surface area contributed by atoms with E-state index in [4.69, 9.17) is 14.7 Å². The van der Waals surface area contributed by atoms with Crippen molar-refractivity contribution in [2.45, 2.75) is 19.8 Å². The van der Waals surface area contributed by atoms with Crippen LogP contribution >= 0.6 is 0 Å². The normalized spacial score (nSPS) is 16.5. The maximum atomic E-state index is 5.28. The Bertz CT molecular complexity index is 1170. The van der Waals surface area contributed by atoms with Crippen molar-refractivity contribution < 1.29 is 4.74 Å². The number of para-hydroxylation sites is 1. The quantitative estimate of drug-likeness (QED) is 0.506. The maximum Gasteiger partial charge on any atom is 0.229 e. The van der Waals surface area contributed by atoms with Gasteiger partial charge in [-0.15, -0.1) is 0 Å². The molecule has 1 fully saturated rings. The van der Waals surface area contributed by atoms with Crippen LogP contribution in [0.5, 0.6) is 5.75 Å². The monoisotopic (exact) mass is 414 g/mol. The van der Waals surface area contributed by atoms with Crippen LogP contribution in [0.4, 0.5) is 17.5 Å². The van der Waals surface area contributed by atoms with Crippen molar-refractivity contribution in [3.05, 3.63) is 60.8 Å². The second kappa shape index (κ2) is 8.26. The van der Waals surface area contributed by atoms with E-state index in [9.17, 15) is 0 Å². The highest BCUT2D eigenvalue weighted by Crippen LogP contribution is 2.30. The van der Waals surface area contributed by atoms with Gasteiger partial charge in [0.25, 0.3) is 0 Å². The van der Waals surface area contributed by atoms with Crippen molar-refractivity contribution in [1.82, 2.24) is 19.7 Å². The molecule has 31 heavy (non-hydrogen) atoms. The van der Waals surface area contributed by atoms with E-state index < -0.39 is 0 Å². The van der Waals surface area contributed by atoms with E-state index >= 15 is 0 Å². The first-order chi connectivity index (χ1) is 15.2. The number of anilines is 3. The third kappa shape index (κ3) is 3.91. The van der Waals surface area contributed by atoms with Crippen LogP contribution in [0.25, 0.3) is 16.7 Å². The molecular weight excluding hydrogens is 388 g/mol. The summed E-state index contributed by atoms with van der Waals surface area (Å²) in [6.45, 7) is 4.22. The number of nitrogens with zero attached hydrogens (tertiary/aromatic N) is 5. The van der Waals surface area contributed by atoms with Crippen molar-refractivity contribution in [3.63, 3.8) is 0 Å². The first-order valence-corrected chi connectivity index (χ1v) is 10.7. The minimum absolute atomic E-state index is 0.630. The highest BCUT2D eigenvalue weighted by Gasteiger charge is 2.22. The maximum absolute atomic E-state index is 5.28. The van der Waals surface area contributed by atoms with Gasteiger partial charge in [0.15, 0.2) is 5.65 Å². The summed E-state index contributed by atoms with van der Waals surface area (Å²) in [5.41, 5.74) is 2.71. The zero-order chi connectivity index (χ0) is 21.2. The van der Waals surface area contributed by atoms with E-state index in [1.807, 2.05) is 65.5 Å². The Hall–Kier alpha value is -3.61. The molecule has 3 heterocycles. The highest BCUT2D eigenvalue weighted by atomic mass is 16.5. The van der Waals surface area contributed by atoms with E-state index in [1.54, 1.807) is 7.11 Å². The summed E-state index contributed by atoms with van der Waals surface area (Å²) in [5.74, 6) is 2.95. The minimum atomic E-state index is 0.630. The lowest BCUT2D eigenvalue weighted by molar-refractivity contribution is 0.415. The van der Waals surface area contributed by atoms with Gasteiger partial charge in [0.05, 0.1) is 24.4 Å². The molecule has 0 saturated carbocycles. The summed E-state index contributed by atoms with van der Waals surface area (Å²) in [6.07, 6.45) is 4.23. The summed E-state index contributed by atoms with van der Waals surface area (Å²) in [6, 6.07) is 17.9. The van der Waals surface area contributed by atoms with Crippen molar-refractivity contribution in [3.8, 4) is 11.4 Å². The largest absolute Gasteiger partial charge is 0.497 e. The lowest BCUT2D eigenvalue weighted by atomic mass is 10.0. The van der Waals surface area contributed by atoms with Gasteiger partial charge in [-0.05, 0) is 55.2 Å². The van der Waals surface area contributed by atoms with E-state index in [0.29, 0.717) is 5.92 Å². The molecule has 0 radical (unpaired) electrons. The number of fused-ring (bicyclic) bond motifs is 1. The SMILES string of the molecule is COc1ccc(Nc2nc(N3CCCC(C)C3)nc3c2cnn3-c2ccccc2)cc1. The Morgan fingerprint density at radius 3 is 2.58 bits per heavy atom. The average molecular weight is 415 g/mol. The van der Waals surface area contributed by atoms with Gasteiger partial charge in [-0.1, -0.05) is 25.1 Å². The smallest absolute Gasteiger partial charge is 0.229 e. The fourth-order valence-electron chi connectivity index (χ4n) is 4.07. The minimum Gasteiger partial charge on any atom is -0.497 e. The Morgan fingerprint density at radius 2 is 1.84 bits per heavy atom. The number of benzene rings is 2. The Kier molecular flexibility index (Phi) is 5.16. The van der Waals surface area contributed by atoms with Crippen LogP contribution in [0.1, 0.15) is 19.8 Å². The standard InChI is InChI=1S/C24H26N6O/c1-17-7-6-14-29(16-17)24-27-22(26-18-10-12-20(31-2)13-11-18)21-15-25-30(23(21)28-24)19-8-4-3-5-9-19/h3-5,8-13,15,17H,6-7,14,16H2,1-2H3,(H,26,27,28). The number of aromatic nitrogens is 4. The van der Waals surface area contributed by atoms with Crippen molar-refractivity contribution in [2.24, 2.45) is 5.92 Å². The number of rotatable bonds is 5. The Balaban J connectivity index is 1.61. The van der Waals surface area contributed by atoms with Crippen molar-refractivity contribution >= 4 is 28.5 Å². The number of hydrogen-bond donors (Lipinski definition) is 1. The summed E-state index contributed by atoms with van der Waals surface area (Å²) < 4.78 is 7.16. The van der Waals surface area contributed by atoms with Crippen LogP contribution in [0.15, 0.2) is 60.8 Å². The Labute approximate surface area is 181 Å². The molecule has 7 nitrogen and oxygen atoms in total. The lowest BCUT2D eigenvalue weighted by Crippen LogP contribution is -2.35. The second-order valence-corrected chi connectivity index (χ2v) is 8.05. The zero-order valence-corrected chi connectivity index (χ0v) is 17.8. The van der Waals surface area contributed by atoms with E-state index in [-0.39, 0.29) is 0 Å². The summed E-state index contributed by atoms with van der Waals surface area (Å²) in [4.78, 5) is 12.2. The van der Waals surface area contributed by atoms with Crippen LogP contribution in [-0.2, 0) is 0 Å². The average Bonchev–Trinajstić information content (AvgIpc) is 3.24. The van der Waals surface area contributed by atoms with E-state index in [1.165, 1.54) is 6.42 Å². The second-order valence-electron chi connectivity index (χ2n) is 8.05. The van der Waals surface area contributed by atoms with Gasteiger partial charge in [0, 0.05) is 18.8 Å². The third-order valence-corrected chi connectivity index (χ3v) is 5.71. The molecule has 4 aromatic rings. The number of ether oxygens (including phenoxy) is 1. The number of nitrogens with one attached hydrogen (secondary N) is 1. The molecule has 1 N–H and O–H groups in total. The van der Waals surface area contributed by atoms with Gasteiger partial charge in [-0.2, -0.15) is 15.1 Å². The topological polar surface area (TPSA) is 68.1 Å². The zero-order valence-electron chi connectivity index (χ0n) is 17.8. The Morgan fingerprint density at radius 1 is 1.03 bits per heavy atom. The molecule has 7 heteroatoms. The van der Waals surface area contributed by atoms with Crippen molar-refractivity contribution in [2.75, 3.05) is 30.4 Å². The molecule has 1 saturated heterocycles. The summed E-state index contributed by atoms with van der Waals surface area (Å²) >= 11 is 0. The molecule has 1 aliphatic heterocycles. The van der Waals surface area contributed by atoms with Gasteiger partial charge in [0.1, 0.15) is 11.6 Å². The molecule has 2 aromatic heterocycles. The fraction of sp³-hybridized carbons (Fsp3) is 0.292. The number of methoxy groups -OCH3 is 1. The summed E-state index contributed by atoms with van der Waals surface area (Å²) in [5, 5.41) is 8.98. The highest BCUT2D eigenvalue weighted by molar-refractivity contribution is 5.90. The molecule has 1 unspecified atom stereocenters. The van der Waals surface area contributed by atoms with E-state index in [2.05, 4.69) is 22.2 Å². The lowest BCUT2D eigenvalue weighted by Gasteiger charge is -2.31. The molecule has 0 aliphatic carbocycles. The van der Waals surface area contributed by atoms with Crippen molar-refractivity contribution in [1.29, 1.82) is 0 Å². The van der Waals surface area contributed by atoms with Gasteiger partial charge in [0.2, 0.25) is 5.95 Å². The molecule has 0 bridgehead atoms. The van der Waals surface area contributed by atoms with Crippen LogP contribution in [0.2, 0.25) is 0 Å². The van der Waals surface area contributed by atoms with Gasteiger partial charge >= 0.3 is 0 Å². The molecule has 1 atom stereocenters. The van der Waals surface area contributed by atoms with Crippen LogP contribution in [0.3, 0.4) is 0 Å². The molecule has 5 rings (SSSR count). The molecule has 158 valence electrons.